The Morgan fingerprint density at radius 2 is 1.57 bits per heavy atom. The first-order valence-electron chi connectivity index (χ1n) is 8.08. The molecule has 0 aliphatic rings. The van der Waals surface area contributed by atoms with Gasteiger partial charge in [-0.3, -0.25) is 4.90 Å². The smallest absolute Gasteiger partial charge is 0.0948 e. The highest BCUT2D eigenvalue weighted by Crippen LogP contribution is 2.28. The van der Waals surface area contributed by atoms with Crippen LogP contribution in [0, 0.1) is 0 Å². The number of aliphatic hydroxyl groups is 1. The van der Waals surface area contributed by atoms with E-state index < -0.39 is 6.10 Å². The second-order valence-electron chi connectivity index (χ2n) is 5.79. The van der Waals surface area contributed by atoms with Gasteiger partial charge in [-0.15, -0.1) is 0 Å². The Balaban J connectivity index is 2.30. The van der Waals surface area contributed by atoms with Crippen LogP contribution in [0.4, 0.5) is 0 Å². The zero-order chi connectivity index (χ0) is 15.2. The lowest BCUT2D eigenvalue weighted by Gasteiger charge is -2.32. The van der Waals surface area contributed by atoms with Gasteiger partial charge in [-0.1, -0.05) is 56.3 Å². The van der Waals surface area contributed by atoms with Crippen molar-refractivity contribution in [3.05, 3.63) is 48.0 Å². The van der Waals surface area contributed by atoms with Crippen LogP contribution in [0.3, 0.4) is 0 Å². The standard InChI is InChI=1S/C19H27NO/c1-4-13-20(14-5-2)15(3)19(21)18-12-8-10-16-9-6-7-11-17(16)18/h6-12,15,19,21H,4-5,13-14H2,1-3H3/t15-,19-/m0/s1. The molecule has 2 rings (SSSR count). The maximum atomic E-state index is 10.9. The number of rotatable bonds is 7. The topological polar surface area (TPSA) is 23.5 Å². The van der Waals surface area contributed by atoms with E-state index in [2.05, 4.69) is 49.9 Å². The Morgan fingerprint density at radius 3 is 2.24 bits per heavy atom. The van der Waals surface area contributed by atoms with Crippen molar-refractivity contribution in [2.24, 2.45) is 0 Å². The zero-order valence-electron chi connectivity index (χ0n) is 13.4. The van der Waals surface area contributed by atoms with E-state index >= 15 is 0 Å². The minimum absolute atomic E-state index is 0.135. The Morgan fingerprint density at radius 1 is 0.952 bits per heavy atom. The van der Waals surface area contributed by atoms with Crippen molar-refractivity contribution in [2.75, 3.05) is 13.1 Å². The summed E-state index contributed by atoms with van der Waals surface area (Å²) in [5, 5.41) is 13.2. The molecule has 0 aliphatic heterocycles. The average Bonchev–Trinajstić information content (AvgIpc) is 2.52. The summed E-state index contributed by atoms with van der Waals surface area (Å²) >= 11 is 0. The molecule has 0 radical (unpaired) electrons. The van der Waals surface area contributed by atoms with Crippen LogP contribution >= 0.6 is 0 Å². The van der Waals surface area contributed by atoms with Crippen molar-refractivity contribution in [3.63, 3.8) is 0 Å². The first-order valence-corrected chi connectivity index (χ1v) is 8.08. The fourth-order valence-electron chi connectivity index (χ4n) is 3.06. The summed E-state index contributed by atoms with van der Waals surface area (Å²) in [6, 6.07) is 14.6. The number of fused-ring (bicyclic) bond motifs is 1. The Bertz CT molecular complexity index is 555. The number of nitrogens with zero attached hydrogens (tertiary/aromatic N) is 1. The Labute approximate surface area is 128 Å². The molecular formula is C19H27NO. The Kier molecular flexibility index (Phi) is 5.77. The van der Waals surface area contributed by atoms with Gasteiger partial charge >= 0.3 is 0 Å². The highest BCUT2D eigenvalue weighted by molar-refractivity contribution is 5.86. The molecule has 0 saturated carbocycles. The lowest BCUT2D eigenvalue weighted by Crippen LogP contribution is -2.38. The maximum absolute atomic E-state index is 10.9. The van der Waals surface area contributed by atoms with Gasteiger partial charge in [0.2, 0.25) is 0 Å². The first-order chi connectivity index (χ1) is 10.2. The summed E-state index contributed by atoms with van der Waals surface area (Å²) in [4.78, 5) is 2.40. The van der Waals surface area contributed by atoms with Crippen LogP contribution in [0.2, 0.25) is 0 Å². The molecule has 0 aliphatic carbocycles. The largest absolute Gasteiger partial charge is 0.387 e. The molecule has 0 aromatic heterocycles. The van der Waals surface area contributed by atoms with Gasteiger partial charge in [-0.25, -0.2) is 0 Å². The third kappa shape index (κ3) is 3.63. The van der Waals surface area contributed by atoms with E-state index in [0.717, 1.165) is 36.9 Å². The lowest BCUT2D eigenvalue weighted by molar-refractivity contribution is 0.0586. The molecule has 2 aromatic rings. The monoisotopic (exact) mass is 285 g/mol. The van der Waals surface area contributed by atoms with Gasteiger partial charge in [0.05, 0.1) is 6.10 Å². The van der Waals surface area contributed by atoms with E-state index in [1.54, 1.807) is 0 Å². The molecule has 2 aromatic carbocycles. The van der Waals surface area contributed by atoms with Gasteiger partial charge in [0.1, 0.15) is 0 Å². The van der Waals surface area contributed by atoms with Crippen LogP contribution in [-0.4, -0.2) is 29.1 Å². The van der Waals surface area contributed by atoms with Crippen LogP contribution in [0.1, 0.15) is 45.3 Å². The predicted octanol–water partition coefficient (Wildman–Crippen LogP) is 4.38. The van der Waals surface area contributed by atoms with E-state index in [1.165, 1.54) is 5.39 Å². The molecule has 114 valence electrons. The summed E-state index contributed by atoms with van der Waals surface area (Å²) in [5.74, 6) is 0. The molecule has 2 nitrogen and oxygen atoms in total. The van der Waals surface area contributed by atoms with Crippen molar-refractivity contribution in [1.82, 2.24) is 4.90 Å². The number of aliphatic hydroxyl groups excluding tert-OH is 1. The van der Waals surface area contributed by atoms with E-state index in [0.29, 0.717) is 0 Å². The third-order valence-electron chi connectivity index (χ3n) is 4.20. The predicted molar refractivity (Wildman–Crippen MR) is 90.5 cm³/mol. The van der Waals surface area contributed by atoms with Gasteiger partial charge in [0, 0.05) is 6.04 Å². The minimum Gasteiger partial charge on any atom is -0.387 e. The Hall–Kier alpha value is -1.38. The van der Waals surface area contributed by atoms with E-state index in [4.69, 9.17) is 0 Å². The highest BCUT2D eigenvalue weighted by atomic mass is 16.3. The van der Waals surface area contributed by atoms with E-state index in [1.807, 2.05) is 18.2 Å². The van der Waals surface area contributed by atoms with E-state index in [-0.39, 0.29) is 6.04 Å². The van der Waals surface area contributed by atoms with Crippen molar-refractivity contribution < 1.29 is 5.11 Å². The lowest BCUT2D eigenvalue weighted by atomic mass is 9.96. The van der Waals surface area contributed by atoms with Gasteiger partial charge in [-0.2, -0.15) is 0 Å². The van der Waals surface area contributed by atoms with Crippen LogP contribution in [0.25, 0.3) is 10.8 Å². The van der Waals surface area contributed by atoms with Crippen molar-refractivity contribution in [3.8, 4) is 0 Å². The molecule has 0 heterocycles. The molecule has 21 heavy (non-hydrogen) atoms. The van der Waals surface area contributed by atoms with Gasteiger partial charge in [0.15, 0.2) is 0 Å². The number of hydrogen-bond donors (Lipinski definition) is 1. The van der Waals surface area contributed by atoms with Gasteiger partial charge in [-0.05, 0) is 49.2 Å². The quantitative estimate of drug-likeness (QED) is 0.816. The van der Waals surface area contributed by atoms with Crippen LogP contribution in [0.5, 0.6) is 0 Å². The fraction of sp³-hybridized carbons (Fsp3) is 0.474. The molecule has 0 unspecified atom stereocenters. The summed E-state index contributed by atoms with van der Waals surface area (Å²) < 4.78 is 0. The highest BCUT2D eigenvalue weighted by Gasteiger charge is 2.23. The van der Waals surface area contributed by atoms with Crippen LogP contribution in [-0.2, 0) is 0 Å². The van der Waals surface area contributed by atoms with Crippen LogP contribution < -0.4 is 0 Å². The summed E-state index contributed by atoms with van der Waals surface area (Å²) in [6.45, 7) is 8.60. The van der Waals surface area contributed by atoms with Crippen molar-refractivity contribution in [1.29, 1.82) is 0 Å². The van der Waals surface area contributed by atoms with Gasteiger partial charge in [0.25, 0.3) is 0 Å². The first kappa shape index (κ1) is 16.0. The molecule has 0 saturated heterocycles. The second-order valence-corrected chi connectivity index (χ2v) is 5.79. The third-order valence-corrected chi connectivity index (χ3v) is 4.20. The number of hydrogen-bond acceptors (Lipinski definition) is 2. The summed E-state index contributed by atoms with van der Waals surface area (Å²) in [5.41, 5.74) is 1.04. The summed E-state index contributed by atoms with van der Waals surface area (Å²) in [6.07, 6.45) is 1.79. The fourth-order valence-corrected chi connectivity index (χ4v) is 3.06. The minimum atomic E-state index is -0.450. The molecule has 0 amide bonds. The molecule has 0 spiro atoms. The van der Waals surface area contributed by atoms with Gasteiger partial charge < -0.3 is 5.11 Å². The van der Waals surface area contributed by atoms with Crippen LogP contribution in [0.15, 0.2) is 42.5 Å². The molecule has 1 N–H and O–H groups in total. The van der Waals surface area contributed by atoms with E-state index in [9.17, 15) is 5.11 Å². The second kappa shape index (κ2) is 7.58. The molecule has 0 fully saturated rings. The summed E-state index contributed by atoms with van der Waals surface area (Å²) in [7, 11) is 0. The molecule has 0 bridgehead atoms. The van der Waals surface area contributed by atoms with Crippen molar-refractivity contribution >= 4 is 10.8 Å². The zero-order valence-corrected chi connectivity index (χ0v) is 13.4. The maximum Gasteiger partial charge on any atom is 0.0948 e. The molecule has 2 heteroatoms. The van der Waals surface area contributed by atoms with Crippen molar-refractivity contribution in [2.45, 2.75) is 45.8 Å². The SMILES string of the molecule is CCCN(CCC)[C@@H](C)[C@H](O)c1cccc2ccccc12. The number of benzene rings is 2. The molecule has 2 atom stereocenters. The average molecular weight is 285 g/mol. The molecular weight excluding hydrogens is 258 g/mol. The normalized spacial score (nSPS) is 14.5.